The molecule has 2 aromatic rings. The fourth-order valence-electron chi connectivity index (χ4n) is 1.82. The molecule has 0 radical (unpaired) electrons. The smallest absolute Gasteiger partial charge is 0.230 e. The highest BCUT2D eigenvalue weighted by atomic mass is 35.5. The van der Waals surface area contributed by atoms with Gasteiger partial charge in [0.05, 0.1) is 0 Å². The van der Waals surface area contributed by atoms with E-state index in [0.717, 1.165) is 23.7 Å². The van der Waals surface area contributed by atoms with E-state index in [0.29, 0.717) is 18.1 Å². The van der Waals surface area contributed by atoms with Crippen molar-refractivity contribution < 1.29 is 4.52 Å². The molecule has 0 aliphatic heterocycles. The molecule has 5 heteroatoms. The first-order valence-electron chi connectivity index (χ1n) is 6.46. The lowest BCUT2D eigenvalue weighted by atomic mass is 10.1. The summed E-state index contributed by atoms with van der Waals surface area (Å²) in [5.41, 5.74) is 1.08. The molecule has 0 amide bonds. The molecule has 1 atom stereocenters. The molecule has 4 nitrogen and oxygen atoms in total. The highest BCUT2D eigenvalue weighted by Crippen LogP contribution is 2.16. The van der Waals surface area contributed by atoms with Crippen molar-refractivity contribution in [3.8, 4) is 0 Å². The predicted molar refractivity (Wildman–Crippen MR) is 75.5 cm³/mol. The molecular weight excluding hydrogens is 262 g/mol. The van der Waals surface area contributed by atoms with Crippen LogP contribution in [0.1, 0.15) is 37.0 Å². The molecule has 1 aromatic carbocycles. The molecule has 1 N–H and O–H groups in total. The Hall–Kier alpha value is -1.39. The van der Waals surface area contributed by atoms with Gasteiger partial charge in [-0.25, -0.2) is 0 Å². The molecule has 2 rings (SSSR count). The highest BCUT2D eigenvalue weighted by Gasteiger charge is 2.14. The number of likely N-dealkylation sites (N-methyl/N-ethyl adjacent to an activating group) is 1. The van der Waals surface area contributed by atoms with Gasteiger partial charge in [-0.1, -0.05) is 42.7 Å². The van der Waals surface area contributed by atoms with Gasteiger partial charge in [-0.05, 0) is 24.2 Å². The van der Waals surface area contributed by atoms with Crippen LogP contribution in [0.15, 0.2) is 28.8 Å². The van der Waals surface area contributed by atoms with Crippen LogP contribution in [0.3, 0.4) is 0 Å². The lowest BCUT2D eigenvalue weighted by Crippen LogP contribution is -2.19. The number of nitrogens with one attached hydrogen (secondary N) is 1. The van der Waals surface area contributed by atoms with E-state index in [1.54, 1.807) is 0 Å². The van der Waals surface area contributed by atoms with Gasteiger partial charge in [0.1, 0.15) is 0 Å². The third-order valence-electron chi connectivity index (χ3n) is 2.86. The maximum Gasteiger partial charge on any atom is 0.230 e. The summed E-state index contributed by atoms with van der Waals surface area (Å²) < 4.78 is 5.29. The van der Waals surface area contributed by atoms with Gasteiger partial charge in [-0.15, -0.1) is 0 Å². The molecule has 0 bridgehead atoms. The van der Waals surface area contributed by atoms with Gasteiger partial charge >= 0.3 is 0 Å². The van der Waals surface area contributed by atoms with Crippen LogP contribution in [-0.4, -0.2) is 23.2 Å². The first-order chi connectivity index (χ1) is 9.19. The van der Waals surface area contributed by atoms with Crippen LogP contribution in [0.2, 0.25) is 5.02 Å². The van der Waals surface area contributed by atoms with Crippen LogP contribution in [-0.2, 0) is 6.42 Å². The Bertz CT molecular complexity index is 527. The standard InChI is InChI=1S/C14H18ClN3O/c1-3-16-9-10(2)14-17-13(18-19-14)8-11-5-4-6-12(15)7-11/h4-7,10,16H,3,8-9H2,1-2H3. The van der Waals surface area contributed by atoms with Crippen molar-refractivity contribution in [1.82, 2.24) is 15.5 Å². The maximum absolute atomic E-state index is 5.95. The topological polar surface area (TPSA) is 51.0 Å². The Balaban J connectivity index is 2.01. The molecule has 0 fully saturated rings. The van der Waals surface area contributed by atoms with Crippen molar-refractivity contribution in [3.63, 3.8) is 0 Å². The first-order valence-corrected chi connectivity index (χ1v) is 6.84. The monoisotopic (exact) mass is 279 g/mol. The Morgan fingerprint density at radius 1 is 1.42 bits per heavy atom. The Kier molecular flexibility index (Phi) is 4.93. The molecule has 0 spiro atoms. The number of aromatic nitrogens is 2. The second-order valence-corrected chi connectivity index (χ2v) is 5.00. The third-order valence-corrected chi connectivity index (χ3v) is 3.09. The zero-order valence-electron chi connectivity index (χ0n) is 11.2. The number of halogens is 1. The number of nitrogens with zero attached hydrogens (tertiary/aromatic N) is 2. The van der Waals surface area contributed by atoms with Crippen LogP contribution < -0.4 is 5.32 Å². The minimum absolute atomic E-state index is 0.223. The highest BCUT2D eigenvalue weighted by molar-refractivity contribution is 6.30. The average molecular weight is 280 g/mol. The van der Waals surface area contributed by atoms with Crippen molar-refractivity contribution in [2.45, 2.75) is 26.2 Å². The molecule has 102 valence electrons. The quantitative estimate of drug-likeness (QED) is 0.883. The van der Waals surface area contributed by atoms with Crippen molar-refractivity contribution in [2.75, 3.05) is 13.1 Å². The number of benzene rings is 1. The van der Waals surface area contributed by atoms with Crippen molar-refractivity contribution in [2.24, 2.45) is 0 Å². The van der Waals surface area contributed by atoms with Gasteiger partial charge in [-0.3, -0.25) is 0 Å². The van der Waals surface area contributed by atoms with Gasteiger partial charge < -0.3 is 9.84 Å². The third kappa shape index (κ3) is 4.04. The van der Waals surface area contributed by atoms with E-state index in [1.165, 1.54) is 0 Å². The zero-order chi connectivity index (χ0) is 13.7. The summed E-state index contributed by atoms with van der Waals surface area (Å²) in [6, 6.07) is 7.70. The second kappa shape index (κ2) is 6.68. The van der Waals surface area contributed by atoms with Crippen LogP contribution in [0, 0.1) is 0 Å². The molecule has 1 heterocycles. The normalized spacial score (nSPS) is 12.6. The van der Waals surface area contributed by atoms with Crippen LogP contribution in [0.5, 0.6) is 0 Å². The van der Waals surface area contributed by atoms with E-state index in [2.05, 4.69) is 29.3 Å². The second-order valence-electron chi connectivity index (χ2n) is 4.56. The van der Waals surface area contributed by atoms with Crippen molar-refractivity contribution >= 4 is 11.6 Å². The summed E-state index contributed by atoms with van der Waals surface area (Å²) in [5, 5.41) is 8.00. The van der Waals surface area contributed by atoms with Crippen LogP contribution >= 0.6 is 11.6 Å². The lowest BCUT2D eigenvalue weighted by molar-refractivity contribution is 0.352. The average Bonchev–Trinajstić information content (AvgIpc) is 2.84. The van der Waals surface area contributed by atoms with E-state index in [4.69, 9.17) is 16.1 Å². The number of rotatable bonds is 6. The lowest BCUT2D eigenvalue weighted by Gasteiger charge is -2.05. The molecule has 0 saturated carbocycles. The fraction of sp³-hybridized carbons (Fsp3) is 0.429. The van der Waals surface area contributed by atoms with Crippen molar-refractivity contribution in [3.05, 3.63) is 46.6 Å². The van der Waals surface area contributed by atoms with Gasteiger partial charge in [0.25, 0.3) is 0 Å². The molecule has 1 unspecified atom stereocenters. The summed E-state index contributed by atoms with van der Waals surface area (Å²) in [6.07, 6.45) is 0.637. The molecular formula is C14H18ClN3O. The van der Waals surface area contributed by atoms with E-state index in [1.807, 2.05) is 24.3 Å². The van der Waals surface area contributed by atoms with E-state index in [-0.39, 0.29) is 5.92 Å². The van der Waals surface area contributed by atoms with E-state index < -0.39 is 0 Å². The van der Waals surface area contributed by atoms with Gasteiger partial charge in [0.2, 0.25) is 5.89 Å². The minimum Gasteiger partial charge on any atom is -0.339 e. The summed E-state index contributed by atoms with van der Waals surface area (Å²) in [7, 11) is 0. The minimum atomic E-state index is 0.223. The summed E-state index contributed by atoms with van der Waals surface area (Å²) in [5.74, 6) is 1.60. The van der Waals surface area contributed by atoms with Gasteiger partial charge in [0, 0.05) is 23.9 Å². The largest absolute Gasteiger partial charge is 0.339 e. The Labute approximate surface area is 118 Å². The van der Waals surface area contributed by atoms with E-state index in [9.17, 15) is 0 Å². The van der Waals surface area contributed by atoms with E-state index >= 15 is 0 Å². The summed E-state index contributed by atoms with van der Waals surface area (Å²) >= 11 is 5.95. The SMILES string of the molecule is CCNCC(C)c1nc(Cc2cccc(Cl)c2)no1. The Morgan fingerprint density at radius 2 is 2.26 bits per heavy atom. The molecule has 0 aliphatic carbocycles. The Morgan fingerprint density at radius 3 is 3.00 bits per heavy atom. The fourth-order valence-corrected chi connectivity index (χ4v) is 2.03. The molecule has 19 heavy (non-hydrogen) atoms. The molecule has 0 aliphatic rings. The zero-order valence-corrected chi connectivity index (χ0v) is 11.9. The van der Waals surface area contributed by atoms with Crippen LogP contribution in [0.25, 0.3) is 0 Å². The van der Waals surface area contributed by atoms with Crippen molar-refractivity contribution in [1.29, 1.82) is 0 Å². The number of hydrogen-bond acceptors (Lipinski definition) is 4. The summed E-state index contributed by atoms with van der Waals surface area (Å²) in [4.78, 5) is 4.43. The molecule has 0 saturated heterocycles. The predicted octanol–water partition coefficient (Wildman–Crippen LogP) is 3.03. The van der Waals surface area contributed by atoms with Gasteiger partial charge in [-0.2, -0.15) is 4.98 Å². The molecule has 1 aromatic heterocycles. The number of hydrogen-bond donors (Lipinski definition) is 1. The maximum atomic E-state index is 5.95. The van der Waals surface area contributed by atoms with Crippen LogP contribution in [0.4, 0.5) is 0 Å². The summed E-state index contributed by atoms with van der Waals surface area (Å²) in [6.45, 7) is 5.92. The first kappa shape index (κ1) is 14.0. The van der Waals surface area contributed by atoms with Gasteiger partial charge in [0.15, 0.2) is 5.82 Å².